The van der Waals surface area contributed by atoms with Gasteiger partial charge in [-0.15, -0.1) is 0 Å². The maximum absolute atomic E-state index is 2.33. The lowest BCUT2D eigenvalue weighted by molar-refractivity contribution is 0.445. The highest BCUT2D eigenvalue weighted by atomic mass is 14.2. The Morgan fingerprint density at radius 1 is 0.750 bits per heavy atom. The zero-order valence-electron chi connectivity index (χ0n) is 9.65. The van der Waals surface area contributed by atoms with E-state index in [0.717, 1.165) is 5.92 Å². The van der Waals surface area contributed by atoms with Crippen molar-refractivity contribution in [3.05, 3.63) is 48.0 Å². The van der Waals surface area contributed by atoms with Crippen LogP contribution in [0.5, 0.6) is 0 Å². The second kappa shape index (κ2) is 4.29. The first-order valence-electron chi connectivity index (χ1n) is 6.43. The summed E-state index contributed by atoms with van der Waals surface area (Å²) in [4.78, 5) is 0. The van der Waals surface area contributed by atoms with E-state index in [-0.39, 0.29) is 0 Å². The molecule has 16 heavy (non-hydrogen) atoms. The smallest absolute Gasteiger partial charge is 0.0149 e. The standard InChI is InChI=1S/C16H18/c1-2-7-13(8-3-1)16-12-6-10-14-9-4-5-11-15(14)16/h4-6,9-13H,1-3,7-8H2. The summed E-state index contributed by atoms with van der Waals surface area (Å²) in [7, 11) is 0. The van der Waals surface area contributed by atoms with Gasteiger partial charge < -0.3 is 0 Å². The molecule has 0 radical (unpaired) electrons. The fourth-order valence-corrected chi connectivity index (χ4v) is 3.02. The first-order valence-corrected chi connectivity index (χ1v) is 6.43. The van der Waals surface area contributed by atoms with Crippen LogP contribution < -0.4 is 0 Å². The van der Waals surface area contributed by atoms with Gasteiger partial charge in [-0.05, 0) is 35.1 Å². The van der Waals surface area contributed by atoms with E-state index in [2.05, 4.69) is 42.5 Å². The third-order valence-corrected chi connectivity index (χ3v) is 3.87. The molecule has 2 aromatic rings. The van der Waals surface area contributed by atoms with Gasteiger partial charge in [0.25, 0.3) is 0 Å². The van der Waals surface area contributed by atoms with E-state index in [1.54, 1.807) is 5.56 Å². The second-order valence-electron chi connectivity index (χ2n) is 4.90. The van der Waals surface area contributed by atoms with Gasteiger partial charge in [-0.25, -0.2) is 0 Å². The van der Waals surface area contributed by atoms with Crippen LogP contribution in [0.3, 0.4) is 0 Å². The lowest BCUT2D eigenvalue weighted by atomic mass is 9.82. The number of hydrogen-bond acceptors (Lipinski definition) is 0. The van der Waals surface area contributed by atoms with E-state index in [0.29, 0.717) is 0 Å². The van der Waals surface area contributed by atoms with Crippen LogP contribution in [0.2, 0.25) is 0 Å². The van der Waals surface area contributed by atoms with Crippen molar-refractivity contribution in [2.24, 2.45) is 0 Å². The van der Waals surface area contributed by atoms with Crippen molar-refractivity contribution in [3.8, 4) is 0 Å². The van der Waals surface area contributed by atoms with Crippen molar-refractivity contribution in [2.45, 2.75) is 38.0 Å². The minimum absolute atomic E-state index is 0.805. The summed E-state index contributed by atoms with van der Waals surface area (Å²) >= 11 is 0. The van der Waals surface area contributed by atoms with E-state index in [1.165, 1.54) is 42.9 Å². The van der Waals surface area contributed by atoms with Gasteiger partial charge in [0.15, 0.2) is 0 Å². The van der Waals surface area contributed by atoms with Gasteiger partial charge in [-0.3, -0.25) is 0 Å². The molecule has 2 aromatic carbocycles. The van der Waals surface area contributed by atoms with Crippen LogP contribution in [0.4, 0.5) is 0 Å². The van der Waals surface area contributed by atoms with Crippen LogP contribution in [-0.4, -0.2) is 0 Å². The van der Waals surface area contributed by atoms with Gasteiger partial charge >= 0.3 is 0 Å². The molecule has 0 amide bonds. The van der Waals surface area contributed by atoms with Crippen LogP contribution in [0.25, 0.3) is 10.8 Å². The zero-order chi connectivity index (χ0) is 10.8. The Hall–Kier alpha value is -1.30. The summed E-state index contributed by atoms with van der Waals surface area (Å²) in [5.74, 6) is 0.805. The van der Waals surface area contributed by atoms with Crippen LogP contribution >= 0.6 is 0 Å². The average Bonchev–Trinajstić information content (AvgIpc) is 2.39. The quantitative estimate of drug-likeness (QED) is 0.628. The molecule has 1 saturated carbocycles. The number of hydrogen-bond donors (Lipinski definition) is 0. The molecule has 1 fully saturated rings. The Kier molecular flexibility index (Phi) is 2.65. The number of benzene rings is 2. The van der Waals surface area contributed by atoms with Crippen molar-refractivity contribution in [3.63, 3.8) is 0 Å². The van der Waals surface area contributed by atoms with E-state index < -0.39 is 0 Å². The molecule has 0 bridgehead atoms. The topological polar surface area (TPSA) is 0 Å². The molecule has 82 valence electrons. The van der Waals surface area contributed by atoms with Crippen LogP contribution in [0.15, 0.2) is 42.5 Å². The SMILES string of the molecule is c1ccc2c(C3CCCCC3)cccc2c1. The summed E-state index contributed by atoms with van der Waals surface area (Å²) in [6.45, 7) is 0. The predicted molar refractivity (Wildman–Crippen MR) is 69.8 cm³/mol. The lowest BCUT2D eigenvalue weighted by Crippen LogP contribution is -2.04. The molecule has 1 aliphatic carbocycles. The summed E-state index contributed by atoms with van der Waals surface area (Å²) in [6, 6.07) is 15.6. The number of rotatable bonds is 1. The van der Waals surface area contributed by atoms with Crippen LogP contribution in [0, 0.1) is 0 Å². The molecule has 0 nitrogen and oxygen atoms in total. The Bertz CT molecular complexity index is 473. The van der Waals surface area contributed by atoms with E-state index in [9.17, 15) is 0 Å². The maximum Gasteiger partial charge on any atom is -0.0149 e. The van der Waals surface area contributed by atoms with Crippen LogP contribution in [0.1, 0.15) is 43.6 Å². The molecule has 0 spiro atoms. The van der Waals surface area contributed by atoms with Gasteiger partial charge in [-0.1, -0.05) is 61.7 Å². The van der Waals surface area contributed by atoms with Crippen molar-refractivity contribution in [1.82, 2.24) is 0 Å². The summed E-state index contributed by atoms with van der Waals surface area (Å²) in [6.07, 6.45) is 7.02. The molecule has 3 rings (SSSR count). The highest BCUT2D eigenvalue weighted by Gasteiger charge is 2.16. The van der Waals surface area contributed by atoms with E-state index >= 15 is 0 Å². The minimum atomic E-state index is 0.805. The van der Waals surface area contributed by atoms with Crippen molar-refractivity contribution in [1.29, 1.82) is 0 Å². The molecule has 1 aliphatic rings. The third-order valence-electron chi connectivity index (χ3n) is 3.87. The van der Waals surface area contributed by atoms with Crippen molar-refractivity contribution in [2.75, 3.05) is 0 Å². The largest absolute Gasteiger partial charge is 0.0616 e. The molecule has 0 aromatic heterocycles. The summed E-state index contributed by atoms with van der Waals surface area (Å²) in [5.41, 5.74) is 1.58. The molecule has 0 aliphatic heterocycles. The highest BCUT2D eigenvalue weighted by molar-refractivity contribution is 5.86. The zero-order valence-corrected chi connectivity index (χ0v) is 9.65. The van der Waals surface area contributed by atoms with E-state index in [4.69, 9.17) is 0 Å². The Balaban J connectivity index is 2.08. The normalized spacial score (nSPS) is 17.8. The molecule has 0 heterocycles. The van der Waals surface area contributed by atoms with E-state index in [1.807, 2.05) is 0 Å². The fraction of sp³-hybridized carbons (Fsp3) is 0.375. The Morgan fingerprint density at radius 3 is 2.38 bits per heavy atom. The van der Waals surface area contributed by atoms with Gasteiger partial charge in [0.2, 0.25) is 0 Å². The highest BCUT2D eigenvalue weighted by Crippen LogP contribution is 2.36. The average molecular weight is 210 g/mol. The van der Waals surface area contributed by atoms with Gasteiger partial charge in [0, 0.05) is 0 Å². The first kappa shape index (κ1) is 9.89. The van der Waals surface area contributed by atoms with Gasteiger partial charge in [-0.2, -0.15) is 0 Å². The Morgan fingerprint density at radius 2 is 1.50 bits per heavy atom. The first-order chi connectivity index (χ1) is 7.95. The third kappa shape index (κ3) is 1.73. The van der Waals surface area contributed by atoms with Gasteiger partial charge in [0.05, 0.1) is 0 Å². The molecule has 0 atom stereocenters. The molecular formula is C16H18. The minimum Gasteiger partial charge on any atom is -0.0616 e. The summed E-state index contributed by atoms with van der Waals surface area (Å²) < 4.78 is 0. The molecule has 0 saturated heterocycles. The monoisotopic (exact) mass is 210 g/mol. The predicted octanol–water partition coefficient (Wildman–Crippen LogP) is 4.89. The molecular weight excluding hydrogens is 192 g/mol. The Labute approximate surface area is 97.3 Å². The molecule has 0 N–H and O–H groups in total. The van der Waals surface area contributed by atoms with Crippen molar-refractivity contribution >= 4 is 10.8 Å². The second-order valence-corrected chi connectivity index (χ2v) is 4.90. The number of fused-ring (bicyclic) bond motifs is 1. The molecule has 0 unspecified atom stereocenters. The van der Waals surface area contributed by atoms with Gasteiger partial charge in [0.1, 0.15) is 0 Å². The maximum atomic E-state index is 2.33. The lowest BCUT2D eigenvalue weighted by Gasteiger charge is -2.23. The fourth-order valence-electron chi connectivity index (χ4n) is 3.02. The van der Waals surface area contributed by atoms with Crippen LogP contribution in [-0.2, 0) is 0 Å². The molecule has 0 heteroatoms. The summed E-state index contributed by atoms with van der Waals surface area (Å²) in [5, 5.41) is 2.86. The van der Waals surface area contributed by atoms with Crippen molar-refractivity contribution < 1.29 is 0 Å².